The van der Waals surface area contributed by atoms with Crippen LogP contribution in [0.2, 0.25) is 5.02 Å². The van der Waals surface area contributed by atoms with Gasteiger partial charge in [0.2, 0.25) is 11.8 Å². The van der Waals surface area contributed by atoms with Gasteiger partial charge >= 0.3 is 11.9 Å². The summed E-state index contributed by atoms with van der Waals surface area (Å²) in [6.45, 7) is 3.47. The zero-order valence-corrected chi connectivity index (χ0v) is 31.5. The summed E-state index contributed by atoms with van der Waals surface area (Å²) in [5.74, 6) is 0.335. The molecule has 286 valence electrons. The van der Waals surface area contributed by atoms with Gasteiger partial charge in [-0.1, -0.05) is 41.9 Å². The molecule has 5 aromatic rings. The van der Waals surface area contributed by atoms with Gasteiger partial charge < -0.3 is 15.4 Å². The molecule has 1 amide bonds. The number of halogens is 4. The smallest absolute Gasteiger partial charge is 0.433 e. The summed E-state index contributed by atoms with van der Waals surface area (Å²) in [6.07, 6.45) is 0.298. The minimum absolute atomic E-state index is 0.123. The molecular weight excluding hydrogens is 735 g/mol. The Balaban J connectivity index is 1.15. The van der Waals surface area contributed by atoms with Crippen molar-refractivity contribution in [3.63, 3.8) is 0 Å². The van der Waals surface area contributed by atoms with Crippen LogP contribution in [0.5, 0.6) is 5.88 Å². The van der Waals surface area contributed by atoms with Gasteiger partial charge in [-0.25, -0.2) is 14.8 Å². The van der Waals surface area contributed by atoms with E-state index in [4.69, 9.17) is 21.3 Å². The van der Waals surface area contributed by atoms with Crippen LogP contribution in [0.1, 0.15) is 60.5 Å². The predicted octanol–water partition coefficient (Wildman–Crippen LogP) is 6.83. The van der Waals surface area contributed by atoms with Crippen molar-refractivity contribution in [2.24, 2.45) is 14.1 Å². The molecule has 11 nitrogen and oxygen atoms in total. The number of likely N-dealkylation sites (tertiary alicyclic amines) is 1. The quantitative estimate of drug-likeness (QED) is 0.193. The number of methoxy groups -OCH3 is 1. The summed E-state index contributed by atoms with van der Waals surface area (Å²) in [7, 11) is 4.18. The fraction of sp³-hybridized carbons (Fsp3) is 0.375. The Hall–Kier alpha value is -5.21. The number of nitrogens with one attached hydrogen (secondary N) is 2. The van der Waals surface area contributed by atoms with E-state index in [9.17, 15) is 27.6 Å². The van der Waals surface area contributed by atoms with Crippen LogP contribution < -0.4 is 26.6 Å². The molecule has 5 heterocycles. The molecule has 2 aromatic carbocycles. The van der Waals surface area contributed by atoms with E-state index < -0.39 is 23.1 Å². The topological polar surface area (TPSA) is 123 Å². The number of benzene rings is 2. The summed E-state index contributed by atoms with van der Waals surface area (Å²) in [5, 5.41) is 6.52. The summed E-state index contributed by atoms with van der Waals surface area (Å²) < 4.78 is 49.8. The Bertz CT molecular complexity index is 2530. The second-order valence-electron chi connectivity index (χ2n) is 14.8. The number of pyridine rings is 2. The van der Waals surface area contributed by atoms with Gasteiger partial charge in [-0.05, 0) is 73.9 Å². The van der Waals surface area contributed by atoms with Crippen LogP contribution in [-0.4, -0.2) is 55.6 Å². The number of carbonyl (C=O) groups excluding carboxylic acids is 1. The van der Waals surface area contributed by atoms with Crippen LogP contribution in [0, 0.1) is 6.92 Å². The highest BCUT2D eigenvalue weighted by molar-refractivity contribution is 6.36. The molecule has 0 radical (unpaired) electrons. The number of hydrogen-bond donors (Lipinski definition) is 2. The maximum Gasteiger partial charge on any atom is 0.433 e. The van der Waals surface area contributed by atoms with Crippen molar-refractivity contribution in [3.05, 3.63) is 96.8 Å². The van der Waals surface area contributed by atoms with E-state index in [1.165, 1.54) is 14.1 Å². The maximum atomic E-state index is 14.0. The maximum absolute atomic E-state index is 14.0. The number of hydrogen-bond acceptors (Lipinski definition) is 8. The van der Waals surface area contributed by atoms with E-state index in [1.54, 1.807) is 26.2 Å². The largest absolute Gasteiger partial charge is 0.481 e. The molecule has 15 heteroatoms. The Morgan fingerprint density at radius 1 is 0.982 bits per heavy atom. The number of carbonyl (C=O) groups is 1. The molecule has 3 aliphatic rings. The molecule has 2 N–H and O–H groups in total. The van der Waals surface area contributed by atoms with Gasteiger partial charge in [-0.15, -0.1) is 0 Å². The number of anilines is 2. The Morgan fingerprint density at radius 3 is 2.47 bits per heavy atom. The lowest BCUT2D eigenvalue weighted by Crippen LogP contribution is -2.53. The fourth-order valence-corrected chi connectivity index (χ4v) is 9.00. The van der Waals surface area contributed by atoms with E-state index in [0.29, 0.717) is 57.0 Å². The number of nitrogens with zero attached hydrogens (tertiary/aromatic N) is 5. The summed E-state index contributed by atoms with van der Waals surface area (Å²) in [6, 6.07) is 13.8. The third kappa shape index (κ3) is 6.24. The first-order valence-corrected chi connectivity index (χ1v) is 18.5. The van der Waals surface area contributed by atoms with Gasteiger partial charge in [0.25, 0.3) is 5.56 Å². The van der Waals surface area contributed by atoms with Gasteiger partial charge in [0.05, 0.1) is 28.9 Å². The predicted molar refractivity (Wildman–Crippen MR) is 204 cm³/mol. The molecular formula is C40H39ClF3N7O4. The highest BCUT2D eigenvalue weighted by Crippen LogP contribution is 2.47. The number of piperidine rings is 1. The van der Waals surface area contributed by atoms with Crippen molar-refractivity contribution >= 4 is 39.9 Å². The van der Waals surface area contributed by atoms with Crippen LogP contribution in [0.3, 0.4) is 0 Å². The summed E-state index contributed by atoms with van der Waals surface area (Å²) in [4.78, 5) is 49.4. The number of rotatable bonds is 6. The molecule has 1 unspecified atom stereocenters. The summed E-state index contributed by atoms with van der Waals surface area (Å²) in [5.41, 5.74) is 2.75. The standard InChI is InChI=1S/C40H39ClF3N7O4/c1-21-23(8-6-11-26(21)45-35-33-29(19-30(47-35)40(42,43)44)49(2)38(54)50(3)37(33)53)24-9-5-10-25(34(24)41)27-18-22-13-14-28(32(22)36(46-27)55-4)51-17-16-39(20-51)15-7-12-31(52)48-39/h5-6,8-11,18-19,28H,7,12-17,20H2,1-4H3,(H,45,47)(H,48,52)/t28?,39-/m0/s1. The number of aromatic nitrogens is 4. The zero-order chi connectivity index (χ0) is 39.0. The number of amides is 1. The van der Waals surface area contributed by atoms with Crippen LogP contribution in [0.4, 0.5) is 24.7 Å². The van der Waals surface area contributed by atoms with E-state index in [0.717, 1.165) is 65.5 Å². The van der Waals surface area contributed by atoms with Crippen LogP contribution in [0.25, 0.3) is 33.3 Å². The third-order valence-corrected chi connectivity index (χ3v) is 11.9. The first-order valence-electron chi connectivity index (χ1n) is 18.2. The molecule has 0 saturated carbocycles. The lowest BCUT2D eigenvalue weighted by atomic mass is 9.88. The highest BCUT2D eigenvalue weighted by atomic mass is 35.5. The number of aryl methyl sites for hydroxylation is 2. The molecule has 55 heavy (non-hydrogen) atoms. The SMILES string of the molecule is COc1nc(-c2cccc(-c3cccc(Nc4nc(C(F)(F)F)cc5c4c(=O)n(C)c(=O)n5C)c3C)c2Cl)cc2c1C(N1CC[C@@]3(CCCC(=O)N3)C1)CC2. The normalized spacial score (nSPS) is 19.9. The zero-order valence-electron chi connectivity index (χ0n) is 30.7. The first-order chi connectivity index (χ1) is 26.2. The average molecular weight is 774 g/mol. The average Bonchev–Trinajstić information content (AvgIpc) is 3.77. The highest BCUT2D eigenvalue weighted by Gasteiger charge is 2.45. The molecule has 1 aliphatic carbocycles. The van der Waals surface area contributed by atoms with Gasteiger partial charge in [0, 0.05) is 62.0 Å². The Labute approximate surface area is 319 Å². The van der Waals surface area contributed by atoms with Gasteiger partial charge in [0.1, 0.15) is 16.9 Å². The van der Waals surface area contributed by atoms with Crippen LogP contribution in [-0.2, 0) is 31.5 Å². The van der Waals surface area contributed by atoms with Crippen molar-refractivity contribution in [1.29, 1.82) is 0 Å². The lowest BCUT2D eigenvalue weighted by Gasteiger charge is -2.35. The number of fused-ring (bicyclic) bond motifs is 2. The molecule has 2 aliphatic heterocycles. The molecule has 0 bridgehead atoms. The van der Waals surface area contributed by atoms with E-state index >= 15 is 0 Å². The first kappa shape index (κ1) is 36.8. The Kier molecular flexibility index (Phi) is 9.03. The van der Waals surface area contributed by atoms with E-state index in [2.05, 4.69) is 26.6 Å². The fourth-order valence-electron chi connectivity index (χ4n) is 8.68. The molecule has 8 rings (SSSR count). The Morgan fingerprint density at radius 2 is 1.73 bits per heavy atom. The van der Waals surface area contributed by atoms with E-state index in [1.807, 2.05) is 24.3 Å². The second kappa shape index (κ2) is 13.5. The number of ether oxygens (including phenoxy) is 1. The van der Waals surface area contributed by atoms with Crippen molar-refractivity contribution in [2.45, 2.75) is 63.2 Å². The third-order valence-electron chi connectivity index (χ3n) is 11.5. The van der Waals surface area contributed by atoms with Crippen molar-refractivity contribution in [2.75, 3.05) is 25.5 Å². The van der Waals surface area contributed by atoms with Crippen LogP contribution in [0.15, 0.2) is 58.1 Å². The van der Waals surface area contributed by atoms with Crippen molar-refractivity contribution < 1.29 is 22.7 Å². The minimum Gasteiger partial charge on any atom is -0.481 e. The molecule has 1 spiro atoms. The number of alkyl halides is 3. The van der Waals surface area contributed by atoms with Crippen LogP contribution >= 0.6 is 11.6 Å². The lowest BCUT2D eigenvalue weighted by molar-refractivity contribution is -0.141. The van der Waals surface area contributed by atoms with Crippen molar-refractivity contribution in [1.82, 2.24) is 29.3 Å². The van der Waals surface area contributed by atoms with Gasteiger partial charge in [-0.3, -0.25) is 23.6 Å². The summed E-state index contributed by atoms with van der Waals surface area (Å²) >= 11 is 7.20. The second-order valence-corrected chi connectivity index (χ2v) is 15.1. The van der Waals surface area contributed by atoms with Crippen molar-refractivity contribution in [3.8, 4) is 28.3 Å². The van der Waals surface area contributed by atoms with E-state index in [-0.39, 0.29) is 34.2 Å². The molecule has 3 aromatic heterocycles. The minimum atomic E-state index is -4.84. The molecule has 2 saturated heterocycles. The monoisotopic (exact) mass is 773 g/mol. The molecule has 2 atom stereocenters. The molecule has 2 fully saturated rings. The van der Waals surface area contributed by atoms with Gasteiger partial charge in [-0.2, -0.15) is 13.2 Å². The van der Waals surface area contributed by atoms with Gasteiger partial charge in [0.15, 0.2) is 0 Å².